The molecule has 2 bridgehead atoms. The Hall–Kier alpha value is -2.17. The van der Waals surface area contributed by atoms with Gasteiger partial charge < -0.3 is 15.2 Å². The Bertz CT molecular complexity index is 695. The van der Waals surface area contributed by atoms with Gasteiger partial charge in [0, 0.05) is 11.9 Å². The zero-order valence-corrected chi connectivity index (χ0v) is 11.8. The summed E-state index contributed by atoms with van der Waals surface area (Å²) in [5.74, 6) is -3.84. The van der Waals surface area contributed by atoms with Crippen molar-refractivity contribution in [2.45, 2.75) is 12.8 Å². The van der Waals surface area contributed by atoms with E-state index in [-0.39, 0.29) is 22.9 Å². The topological polar surface area (TPSA) is 69.2 Å². The lowest BCUT2D eigenvalue weighted by Gasteiger charge is -2.27. The molecule has 3 aliphatic rings. The van der Waals surface area contributed by atoms with Crippen molar-refractivity contribution in [3.8, 4) is 0 Å². The number of carboxylic acid groups (broad SMARTS) is 1. The van der Waals surface area contributed by atoms with Gasteiger partial charge in [-0.3, -0.25) is 4.79 Å². The number of benzene rings is 1. The number of hydrogen-bond donors (Lipinski definition) is 1. The van der Waals surface area contributed by atoms with Gasteiger partial charge in [-0.05, 0) is 42.2 Å². The summed E-state index contributed by atoms with van der Waals surface area (Å²) in [6.45, 7) is 0. The number of carbonyl (C=O) groups is 2. The fourth-order valence-electron chi connectivity index (χ4n) is 4.46. The van der Waals surface area contributed by atoms with Gasteiger partial charge in [0.05, 0.1) is 11.6 Å². The summed E-state index contributed by atoms with van der Waals surface area (Å²) in [5, 5.41) is 14.1. The van der Waals surface area contributed by atoms with Crippen LogP contribution in [0.15, 0.2) is 36.4 Å². The molecule has 2 saturated carbocycles. The maximum absolute atomic E-state index is 13.7. The number of carboxylic acids is 1. The van der Waals surface area contributed by atoms with Crippen molar-refractivity contribution < 1.29 is 19.1 Å². The summed E-state index contributed by atoms with van der Waals surface area (Å²) in [4.78, 5) is 24.1. The third kappa shape index (κ3) is 1.68. The molecule has 0 aromatic heterocycles. The Kier molecular flexibility index (Phi) is 2.71. The number of nitrogens with one attached hydrogen (secondary N) is 1. The van der Waals surface area contributed by atoms with Crippen molar-refractivity contribution >= 4 is 17.6 Å². The Morgan fingerprint density at radius 1 is 1.14 bits per heavy atom. The van der Waals surface area contributed by atoms with E-state index in [9.17, 15) is 19.1 Å². The lowest BCUT2D eigenvalue weighted by atomic mass is 9.82. The lowest BCUT2D eigenvalue weighted by Crippen LogP contribution is -2.43. The highest BCUT2D eigenvalue weighted by Crippen LogP contribution is 2.71. The van der Waals surface area contributed by atoms with Gasteiger partial charge in [-0.1, -0.05) is 24.3 Å². The molecule has 0 saturated heterocycles. The van der Waals surface area contributed by atoms with Crippen LogP contribution in [0.1, 0.15) is 12.8 Å². The predicted molar refractivity (Wildman–Crippen MR) is 74.8 cm³/mol. The van der Waals surface area contributed by atoms with E-state index < -0.39 is 29.5 Å². The number of halogens is 1. The molecular formula is C17H15FNO3-. The van der Waals surface area contributed by atoms with Crippen molar-refractivity contribution in [2.75, 3.05) is 5.32 Å². The molecule has 5 heteroatoms. The van der Waals surface area contributed by atoms with E-state index in [4.69, 9.17) is 0 Å². The van der Waals surface area contributed by atoms with Crippen molar-refractivity contribution in [3.63, 3.8) is 0 Å². The van der Waals surface area contributed by atoms with Gasteiger partial charge in [0.15, 0.2) is 0 Å². The van der Waals surface area contributed by atoms with Crippen LogP contribution in [-0.2, 0) is 9.59 Å². The summed E-state index contributed by atoms with van der Waals surface area (Å²) in [5.41, 5.74) is 0.0170. The zero-order valence-electron chi connectivity index (χ0n) is 11.8. The van der Waals surface area contributed by atoms with Crippen LogP contribution in [0, 0.1) is 34.9 Å². The largest absolute Gasteiger partial charge is 0.550 e. The van der Waals surface area contributed by atoms with E-state index in [0.717, 1.165) is 12.8 Å². The first-order valence-electron chi connectivity index (χ1n) is 7.49. The third-order valence-electron chi connectivity index (χ3n) is 5.55. The zero-order chi connectivity index (χ0) is 15.5. The molecule has 22 heavy (non-hydrogen) atoms. The number of para-hydroxylation sites is 1. The second-order valence-corrected chi connectivity index (χ2v) is 6.51. The number of rotatable bonds is 3. The van der Waals surface area contributed by atoms with Crippen molar-refractivity contribution in [1.29, 1.82) is 0 Å². The monoisotopic (exact) mass is 300 g/mol. The highest BCUT2D eigenvalue weighted by Gasteiger charge is 2.68. The SMILES string of the molecule is O=C([O-])C1C(C(=O)Nc2ccccc2F)C2C=CC1C21CC1. The minimum atomic E-state index is -1.18. The van der Waals surface area contributed by atoms with Gasteiger partial charge >= 0.3 is 0 Å². The Morgan fingerprint density at radius 2 is 1.77 bits per heavy atom. The molecule has 0 radical (unpaired) electrons. The van der Waals surface area contributed by atoms with Crippen LogP contribution < -0.4 is 10.4 Å². The molecule has 1 spiro atoms. The molecular weight excluding hydrogens is 285 g/mol. The van der Waals surface area contributed by atoms with Gasteiger partial charge in [0.25, 0.3) is 0 Å². The number of aliphatic carboxylic acids is 1. The molecule has 3 aliphatic carbocycles. The van der Waals surface area contributed by atoms with E-state index >= 15 is 0 Å². The highest BCUT2D eigenvalue weighted by molar-refractivity contribution is 5.96. The molecule has 1 aromatic carbocycles. The van der Waals surface area contributed by atoms with E-state index in [1.54, 1.807) is 6.07 Å². The average molecular weight is 300 g/mol. The predicted octanol–water partition coefficient (Wildman–Crippen LogP) is 1.34. The Labute approximate surface area is 127 Å². The number of allylic oxidation sites excluding steroid dienone is 2. The first kappa shape index (κ1) is 13.5. The Morgan fingerprint density at radius 3 is 2.36 bits per heavy atom. The van der Waals surface area contributed by atoms with Crippen molar-refractivity contribution in [1.82, 2.24) is 0 Å². The van der Waals surface area contributed by atoms with E-state index in [1.165, 1.54) is 18.2 Å². The average Bonchev–Trinajstić information content (AvgIpc) is 3.15. The summed E-state index contributed by atoms with van der Waals surface area (Å²) in [7, 11) is 0. The van der Waals surface area contributed by atoms with Crippen molar-refractivity contribution in [3.05, 3.63) is 42.2 Å². The molecule has 1 aromatic rings. The minimum absolute atomic E-state index is 0.0675. The maximum atomic E-state index is 13.7. The molecule has 114 valence electrons. The summed E-state index contributed by atoms with van der Waals surface area (Å²) < 4.78 is 13.7. The number of amides is 1. The normalized spacial score (nSPS) is 33.1. The van der Waals surface area contributed by atoms with Gasteiger partial charge in [-0.15, -0.1) is 0 Å². The van der Waals surface area contributed by atoms with Gasteiger partial charge in [0.1, 0.15) is 5.82 Å². The summed E-state index contributed by atoms with van der Waals surface area (Å²) in [6.07, 6.45) is 5.78. The fourth-order valence-corrected chi connectivity index (χ4v) is 4.46. The van der Waals surface area contributed by atoms with Crippen molar-refractivity contribution in [2.24, 2.45) is 29.1 Å². The van der Waals surface area contributed by atoms with Crippen LogP contribution in [0.2, 0.25) is 0 Å². The molecule has 4 nitrogen and oxygen atoms in total. The number of anilines is 1. The van der Waals surface area contributed by atoms with Crippen LogP contribution in [0.5, 0.6) is 0 Å². The lowest BCUT2D eigenvalue weighted by molar-refractivity contribution is -0.313. The minimum Gasteiger partial charge on any atom is -0.550 e. The number of hydrogen-bond acceptors (Lipinski definition) is 3. The first-order chi connectivity index (χ1) is 10.5. The van der Waals surface area contributed by atoms with E-state index in [2.05, 4.69) is 5.32 Å². The van der Waals surface area contributed by atoms with Gasteiger partial charge in [-0.2, -0.15) is 0 Å². The summed E-state index contributed by atoms with van der Waals surface area (Å²) in [6, 6.07) is 5.89. The van der Waals surface area contributed by atoms with Crippen LogP contribution in [0.4, 0.5) is 10.1 Å². The smallest absolute Gasteiger partial charge is 0.228 e. The molecule has 4 unspecified atom stereocenters. The third-order valence-corrected chi connectivity index (χ3v) is 5.55. The molecule has 2 fully saturated rings. The van der Waals surface area contributed by atoms with Gasteiger partial charge in [-0.25, -0.2) is 4.39 Å². The molecule has 4 rings (SSSR count). The molecule has 4 atom stereocenters. The molecule has 0 aliphatic heterocycles. The van der Waals surface area contributed by atoms with E-state index in [0.29, 0.717) is 0 Å². The standard InChI is InChI=1S/C17H16FNO3/c18-11-3-1-2-4-12(11)19-15(20)13-9-5-6-10(14(13)16(21)22)17(9)7-8-17/h1-6,9-10,13-14H,7-8H2,(H,19,20)(H,21,22)/p-1. The summed E-state index contributed by atoms with van der Waals surface area (Å²) >= 11 is 0. The number of carbonyl (C=O) groups excluding carboxylic acids is 2. The molecule has 0 heterocycles. The van der Waals surface area contributed by atoms with Crippen LogP contribution in [0.3, 0.4) is 0 Å². The van der Waals surface area contributed by atoms with E-state index in [1.807, 2.05) is 12.2 Å². The van der Waals surface area contributed by atoms with Crippen LogP contribution in [0.25, 0.3) is 0 Å². The Balaban J connectivity index is 1.64. The van der Waals surface area contributed by atoms with Crippen LogP contribution >= 0.6 is 0 Å². The maximum Gasteiger partial charge on any atom is 0.228 e. The first-order valence-corrected chi connectivity index (χ1v) is 7.49. The second-order valence-electron chi connectivity index (χ2n) is 6.51. The molecule has 1 amide bonds. The highest BCUT2D eigenvalue weighted by atomic mass is 19.1. The van der Waals surface area contributed by atoms with Crippen LogP contribution in [-0.4, -0.2) is 11.9 Å². The fraction of sp³-hybridized carbons (Fsp3) is 0.412. The quantitative estimate of drug-likeness (QED) is 0.857. The molecule has 1 N–H and O–H groups in total. The second kappa shape index (κ2) is 4.41. The van der Waals surface area contributed by atoms with Gasteiger partial charge in [0.2, 0.25) is 5.91 Å².